The first-order valence-corrected chi connectivity index (χ1v) is 12.8. The van der Waals surface area contributed by atoms with E-state index in [0.717, 1.165) is 19.6 Å². The molecule has 2 aromatic carbocycles. The Kier molecular flexibility index (Phi) is 7.40. The normalized spacial score (nSPS) is 29.6. The summed E-state index contributed by atoms with van der Waals surface area (Å²) in [5.74, 6) is 0.504. The number of fused-ring (bicyclic) bond motifs is 1. The molecule has 3 aliphatic heterocycles. The van der Waals surface area contributed by atoms with Crippen LogP contribution in [0, 0.1) is 5.92 Å². The van der Waals surface area contributed by atoms with E-state index in [1.807, 2.05) is 0 Å². The number of piperazine rings is 1. The van der Waals surface area contributed by atoms with E-state index in [9.17, 15) is 0 Å². The zero-order chi connectivity index (χ0) is 22.6. The second kappa shape index (κ2) is 10.6. The summed E-state index contributed by atoms with van der Waals surface area (Å²) in [5.41, 5.74) is 4.17. The summed E-state index contributed by atoms with van der Waals surface area (Å²) in [7, 11) is 0. The Morgan fingerprint density at radius 3 is 2.39 bits per heavy atom. The minimum Gasteiger partial charge on any atom is -0.301 e. The van der Waals surface area contributed by atoms with Gasteiger partial charge in [0.1, 0.15) is 0 Å². The van der Waals surface area contributed by atoms with Gasteiger partial charge in [-0.25, -0.2) is 0 Å². The molecule has 3 saturated heterocycles. The van der Waals surface area contributed by atoms with Crippen LogP contribution in [0.2, 0.25) is 0 Å². The lowest BCUT2D eigenvalue weighted by atomic mass is 9.94. The minimum atomic E-state index is 0.296. The molecule has 0 aromatic heterocycles. The van der Waals surface area contributed by atoms with Crippen molar-refractivity contribution >= 4 is 0 Å². The van der Waals surface area contributed by atoms with Crippen LogP contribution in [-0.4, -0.2) is 61.5 Å². The summed E-state index contributed by atoms with van der Waals surface area (Å²) in [6.45, 7) is 12.3. The van der Waals surface area contributed by atoms with Gasteiger partial charge in [0.25, 0.3) is 0 Å². The lowest BCUT2D eigenvalue weighted by Gasteiger charge is -2.37. The highest BCUT2D eigenvalue weighted by Gasteiger charge is 2.41. The van der Waals surface area contributed by atoms with E-state index in [2.05, 4.69) is 99.5 Å². The van der Waals surface area contributed by atoms with Gasteiger partial charge < -0.3 is 4.90 Å². The largest absolute Gasteiger partial charge is 0.301 e. The Morgan fingerprint density at radius 1 is 0.939 bits per heavy atom. The predicted octanol–water partition coefficient (Wildman–Crippen LogP) is 2.63. The van der Waals surface area contributed by atoms with Crippen molar-refractivity contribution in [3.8, 4) is 0 Å². The highest BCUT2D eigenvalue weighted by molar-refractivity contribution is 5.27. The number of likely N-dealkylation sites (N-methyl/N-ethyl adjacent to an activating group) is 1. The van der Waals surface area contributed by atoms with Crippen LogP contribution in [0.3, 0.4) is 0 Å². The monoisotopic (exact) mass is 448 g/mol. The quantitative estimate of drug-likeness (QED) is 0.523. The second-order valence-corrected chi connectivity index (χ2v) is 9.91. The lowest BCUT2D eigenvalue weighted by Crippen LogP contribution is -2.63. The van der Waals surface area contributed by atoms with Gasteiger partial charge in [0.05, 0.1) is 12.3 Å². The van der Waals surface area contributed by atoms with Gasteiger partial charge in [0.15, 0.2) is 0 Å². The molecule has 0 saturated carbocycles. The summed E-state index contributed by atoms with van der Waals surface area (Å²) in [6.07, 6.45) is 1.76. The Bertz CT molecular complexity index is 864. The summed E-state index contributed by atoms with van der Waals surface area (Å²) >= 11 is 0. The minimum absolute atomic E-state index is 0.296. The van der Waals surface area contributed by atoms with Gasteiger partial charge in [-0.05, 0) is 36.6 Å². The third-order valence-electron chi connectivity index (χ3n) is 7.82. The van der Waals surface area contributed by atoms with Crippen molar-refractivity contribution in [1.82, 2.24) is 31.1 Å². The summed E-state index contributed by atoms with van der Waals surface area (Å²) in [4.78, 5) is 5.12. The summed E-state index contributed by atoms with van der Waals surface area (Å²) in [6, 6.07) is 20.8. The molecule has 5 rings (SSSR count). The molecule has 0 unspecified atom stereocenters. The molecule has 4 N–H and O–H groups in total. The first-order chi connectivity index (χ1) is 16.2. The molecular formula is C27H40N6. The molecule has 3 fully saturated rings. The average Bonchev–Trinajstić information content (AvgIpc) is 3.31. The third-order valence-corrected chi connectivity index (χ3v) is 7.82. The van der Waals surface area contributed by atoms with Gasteiger partial charge in [-0.15, -0.1) is 0 Å². The van der Waals surface area contributed by atoms with Crippen LogP contribution in [0.5, 0.6) is 0 Å². The molecule has 3 aliphatic rings. The number of nitrogens with zero attached hydrogens (tertiary/aromatic N) is 2. The fourth-order valence-electron chi connectivity index (χ4n) is 5.68. The van der Waals surface area contributed by atoms with Crippen molar-refractivity contribution in [2.75, 3.05) is 39.4 Å². The van der Waals surface area contributed by atoms with E-state index in [4.69, 9.17) is 0 Å². The molecular weight excluding hydrogens is 408 g/mol. The van der Waals surface area contributed by atoms with E-state index >= 15 is 0 Å². The predicted molar refractivity (Wildman–Crippen MR) is 135 cm³/mol. The molecule has 0 aliphatic carbocycles. The maximum absolute atomic E-state index is 3.86. The topological polar surface area (TPSA) is 54.6 Å². The van der Waals surface area contributed by atoms with Gasteiger partial charge in [-0.2, -0.15) is 0 Å². The van der Waals surface area contributed by atoms with E-state index in [-0.39, 0.29) is 0 Å². The highest BCUT2D eigenvalue weighted by Crippen LogP contribution is 2.34. The smallest absolute Gasteiger partial charge is 0.0644 e. The lowest BCUT2D eigenvalue weighted by molar-refractivity contribution is 0.132. The number of hydrogen-bond donors (Lipinski definition) is 4. The molecule has 0 spiro atoms. The van der Waals surface area contributed by atoms with E-state index in [1.165, 1.54) is 49.4 Å². The van der Waals surface area contributed by atoms with Crippen molar-refractivity contribution in [3.05, 3.63) is 71.3 Å². The fraction of sp³-hybridized carbons (Fsp3) is 0.556. The molecule has 6 heteroatoms. The third kappa shape index (κ3) is 5.48. The number of nitrogens with one attached hydrogen (secondary N) is 4. The van der Waals surface area contributed by atoms with E-state index in [1.54, 1.807) is 0 Å². The van der Waals surface area contributed by atoms with Crippen LogP contribution in [0.1, 0.15) is 49.0 Å². The second-order valence-electron chi connectivity index (χ2n) is 9.91. The van der Waals surface area contributed by atoms with Crippen molar-refractivity contribution < 1.29 is 0 Å². The maximum Gasteiger partial charge on any atom is 0.0644 e. The molecule has 0 bridgehead atoms. The van der Waals surface area contributed by atoms with Gasteiger partial charge in [0.2, 0.25) is 0 Å². The number of rotatable bonds is 7. The first kappa shape index (κ1) is 23.0. The Morgan fingerprint density at radius 2 is 1.67 bits per heavy atom. The SMILES string of the molecule is CCN1CCN(Cc2ccc([C@@H]3C[C@@H]4[C@H](NCN[C@H]4N[C@H](C)c4ccccc4)N3)cc2)CC1. The van der Waals surface area contributed by atoms with Crippen molar-refractivity contribution in [2.45, 2.75) is 51.2 Å². The van der Waals surface area contributed by atoms with Crippen molar-refractivity contribution in [2.24, 2.45) is 5.92 Å². The summed E-state index contributed by atoms with van der Waals surface area (Å²) in [5, 5.41) is 15.0. The van der Waals surface area contributed by atoms with Crippen LogP contribution in [0.4, 0.5) is 0 Å². The maximum atomic E-state index is 3.86. The molecule has 0 amide bonds. The average molecular weight is 449 g/mol. The van der Waals surface area contributed by atoms with Crippen molar-refractivity contribution in [3.63, 3.8) is 0 Å². The number of benzene rings is 2. The molecule has 2 aromatic rings. The standard InChI is InChI=1S/C27H40N6/c1-3-32-13-15-33(16-14-32)18-21-9-11-23(12-10-21)25-17-24-26(28-19-29-27(24)31-25)30-20(2)22-7-5-4-6-8-22/h4-12,20,24-31H,3,13-19H2,1-2H3/t20-,24+,25+,26+,27-/m1/s1. The first-order valence-electron chi connectivity index (χ1n) is 12.8. The van der Waals surface area contributed by atoms with Gasteiger partial charge >= 0.3 is 0 Å². The molecule has 3 heterocycles. The van der Waals surface area contributed by atoms with Crippen LogP contribution >= 0.6 is 0 Å². The molecule has 0 radical (unpaired) electrons. The van der Waals surface area contributed by atoms with Crippen LogP contribution < -0.4 is 21.3 Å². The zero-order valence-corrected chi connectivity index (χ0v) is 20.1. The van der Waals surface area contributed by atoms with E-state index in [0.29, 0.717) is 30.3 Å². The van der Waals surface area contributed by atoms with Gasteiger partial charge in [-0.3, -0.25) is 26.2 Å². The van der Waals surface area contributed by atoms with E-state index < -0.39 is 0 Å². The van der Waals surface area contributed by atoms with Gasteiger partial charge in [-0.1, -0.05) is 61.5 Å². The number of hydrogen-bond acceptors (Lipinski definition) is 6. The van der Waals surface area contributed by atoms with Crippen molar-refractivity contribution in [1.29, 1.82) is 0 Å². The summed E-state index contributed by atoms with van der Waals surface area (Å²) < 4.78 is 0. The highest BCUT2D eigenvalue weighted by atomic mass is 15.3. The Hall–Kier alpha value is -1.80. The molecule has 178 valence electrons. The molecule has 33 heavy (non-hydrogen) atoms. The Labute approximate surface area is 199 Å². The van der Waals surface area contributed by atoms with Crippen LogP contribution in [0.15, 0.2) is 54.6 Å². The zero-order valence-electron chi connectivity index (χ0n) is 20.1. The Balaban J connectivity index is 1.17. The fourth-order valence-corrected chi connectivity index (χ4v) is 5.68. The van der Waals surface area contributed by atoms with Gasteiger partial charge in [0, 0.05) is 57.4 Å². The molecule has 6 nitrogen and oxygen atoms in total. The van der Waals surface area contributed by atoms with Crippen LogP contribution in [-0.2, 0) is 6.54 Å². The molecule has 5 atom stereocenters. The van der Waals surface area contributed by atoms with Crippen LogP contribution in [0.25, 0.3) is 0 Å².